The van der Waals surface area contributed by atoms with E-state index in [1.54, 1.807) is 12.1 Å². The van der Waals surface area contributed by atoms with Crippen molar-refractivity contribution in [2.45, 2.75) is 31.5 Å². The molecule has 0 aliphatic carbocycles. The summed E-state index contributed by atoms with van der Waals surface area (Å²) in [5, 5.41) is 11.1. The summed E-state index contributed by atoms with van der Waals surface area (Å²) >= 11 is 0. The van der Waals surface area contributed by atoms with Crippen molar-refractivity contribution < 1.29 is 28.3 Å². The molecule has 9 heteroatoms. The van der Waals surface area contributed by atoms with Gasteiger partial charge in [0.05, 0.1) is 0 Å². The van der Waals surface area contributed by atoms with Gasteiger partial charge in [-0.05, 0) is 74.8 Å². The zero-order valence-corrected chi connectivity index (χ0v) is 19.9. The minimum atomic E-state index is -3.12. The van der Waals surface area contributed by atoms with Crippen LogP contribution in [0.3, 0.4) is 0 Å². The summed E-state index contributed by atoms with van der Waals surface area (Å²) in [5.41, 5.74) is 1.61. The van der Waals surface area contributed by atoms with Crippen LogP contribution >= 0.6 is 0 Å². The number of rotatable bonds is 8. The predicted octanol–water partition coefficient (Wildman–Crippen LogP) is 2.43. The van der Waals surface area contributed by atoms with Gasteiger partial charge in [-0.2, -0.15) is 0 Å². The average molecular weight is 484 g/mol. The second kappa shape index (κ2) is 12.6. The molecule has 0 radical (unpaired) electrons. The van der Waals surface area contributed by atoms with E-state index >= 15 is 0 Å². The van der Waals surface area contributed by atoms with Gasteiger partial charge < -0.3 is 15.0 Å². The second-order valence-electron chi connectivity index (χ2n) is 8.08. The maximum atomic E-state index is 13.5. The SMILES string of the molecule is COC(C)(C(F)F)C(NC(=O)c1ccc(C#CC#Cc2ccc(CN(C)C)cc2)cc1)C(=O)NO. The van der Waals surface area contributed by atoms with Crippen molar-refractivity contribution in [2.24, 2.45) is 0 Å². The molecule has 2 unspecified atom stereocenters. The summed E-state index contributed by atoms with van der Waals surface area (Å²) in [4.78, 5) is 26.5. The van der Waals surface area contributed by atoms with Gasteiger partial charge in [-0.15, -0.1) is 0 Å². The molecule has 0 heterocycles. The molecule has 0 fully saturated rings. The van der Waals surface area contributed by atoms with E-state index in [0.29, 0.717) is 5.56 Å². The fourth-order valence-electron chi connectivity index (χ4n) is 3.05. The molecule has 0 spiro atoms. The highest BCUT2D eigenvalue weighted by Crippen LogP contribution is 2.24. The van der Waals surface area contributed by atoms with Crippen LogP contribution < -0.4 is 10.8 Å². The lowest BCUT2D eigenvalue weighted by Gasteiger charge is -2.34. The highest BCUT2D eigenvalue weighted by atomic mass is 19.3. The normalized spacial score (nSPS) is 13.1. The molecule has 35 heavy (non-hydrogen) atoms. The van der Waals surface area contributed by atoms with E-state index in [-0.39, 0.29) is 5.56 Å². The van der Waals surface area contributed by atoms with Crippen LogP contribution in [0, 0.1) is 23.7 Å². The largest absolute Gasteiger partial charge is 0.370 e. The summed E-state index contributed by atoms with van der Waals surface area (Å²) in [6.45, 7) is 1.80. The Hall–Kier alpha value is -3.76. The number of nitrogens with one attached hydrogen (secondary N) is 2. The molecule has 0 bridgehead atoms. The molecular formula is C26H27F2N3O4. The molecule has 2 rings (SSSR count). The number of methoxy groups -OCH3 is 1. The molecule has 2 aromatic carbocycles. The monoisotopic (exact) mass is 483 g/mol. The Balaban J connectivity index is 2.08. The van der Waals surface area contributed by atoms with E-state index in [0.717, 1.165) is 26.1 Å². The zero-order valence-electron chi connectivity index (χ0n) is 19.9. The third-order valence-electron chi connectivity index (χ3n) is 5.17. The van der Waals surface area contributed by atoms with E-state index in [9.17, 15) is 18.4 Å². The predicted molar refractivity (Wildman–Crippen MR) is 127 cm³/mol. The smallest absolute Gasteiger partial charge is 0.269 e. The topological polar surface area (TPSA) is 90.9 Å². The molecule has 2 aromatic rings. The van der Waals surface area contributed by atoms with Gasteiger partial charge in [0.1, 0.15) is 6.04 Å². The fourth-order valence-corrected chi connectivity index (χ4v) is 3.05. The van der Waals surface area contributed by atoms with E-state index in [2.05, 4.69) is 33.9 Å². The Morgan fingerprint density at radius 1 is 1.03 bits per heavy atom. The van der Waals surface area contributed by atoms with Gasteiger partial charge in [-0.1, -0.05) is 24.0 Å². The number of carbonyl (C=O) groups is 2. The average Bonchev–Trinajstić information content (AvgIpc) is 2.85. The van der Waals surface area contributed by atoms with E-state index in [1.165, 1.54) is 23.2 Å². The lowest BCUT2D eigenvalue weighted by Crippen LogP contribution is -2.62. The molecule has 7 nitrogen and oxygen atoms in total. The highest BCUT2D eigenvalue weighted by molar-refractivity contribution is 5.97. The van der Waals surface area contributed by atoms with Gasteiger partial charge >= 0.3 is 0 Å². The lowest BCUT2D eigenvalue weighted by atomic mass is 9.95. The number of nitrogens with zero attached hydrogens (tertiary/aromatic N) is 1. The minimum Gasteiger partial charge on any atom is -0.370 e. The maximum Gasteiger partial charge on any atom is 0.269 e. The first-order chi connectivity index (χ1) is 16.6. The van der Waals surface area contributed by atoms with Crippen molar-refractivity contribution in [1.29, 1.82) is 0 Å². The summed E-state index contributed by atoms with van der Waals surface area (Å²) in [6, 6.07) is 12.0. The fraction of sp³-hybridized carbons (Fsp3) is 0.308. The first-order valence-electron chi connectivity index (χ1n) is 10.5. The molecule has 2 atom stereocenters. The Morgan fingerprint density at radius 2 is 1.54 bits per heavy atom. The Bertz CT molecular complexity index is 1140. The van der Waals surface area contributed by atoms with Gasteiger partial charge in [-0.3, -0.25) is 14.8 Å². The standard InChI is InChI=1S/C26H27F2N3O4/c1-26(35-4,25(27)28)22(24(33)30-34)29-23(32)21-15-13-19(14-16-21)8-6-5-7-18-9-11-20(12-10-18)17-31(2)3/h9-16,22,25,34H,17H2,1-4H3,(H,29,32)(H,30,33). The molecule has 0 saturated carbocycles. The van der Waals surface area contributed by atoms with Crippen LogP contribution in [0.2, 0.25) is 0 Å². The number of amides is 2. The molecule has 0 aliphatic rings. The molecule has 3 N–H and O–H groups in total. The first kappa shape index (κ1) is 27.5. The number of hydrogen-bond acceptors (Lipinski definition) is 5. The molecule has 184 valence electrons. The number of benzene rings is 2. The summed E-state index contributed by atoms with van der Waals surface area (Å²) in [7, 11) is 4.98. The molecule has 0 aliphatic heterocycles. The van der Waals surface area contributed by atoms with Gasteiger partial charge in [0.25, 0.3) is 18.2 Å². The van der Waals surface area contributed by atoms with E-state index in [4.69, 9.17) is 9.94 Å². The van der Waals surface area contributed by atoms with Crippen molar-refractivity contribution in [2.75, 3.05) is 21.2 Å². The number of halogens is 2. The van der Waals surface area contributed by atoms with Gasteiger partial charge in [0, 0.05) is 30.3 Å². The molecular weight excluding hydrogens is 456 g/mol. The summed E-state index contributed by atoms with van der Waals surface area (Å²) in [5.74, 6) is 9.28. The van der Waals surface area contributed by atoms with Crippen LogP contribution in [-0.4, -0.2) is 61.2 Å². The van der Waals surface area contributed by atoms with Crippen LogP contribution in [-0.2, 0) is 16.1 Å². The van der Waals surface area contributed by atoms with Crippen LogP contribution in [0.1, 0.15) is 34.0 Å². The Morgan fingerprint density at radius 3 is 1.97 bits per heavy atom. The molecule has 0 saturated heterocycles. The molecule has 0 aromatic heterocycles. The third-order valence-corrected chi connectivity index (χ3v) is 5.17. The van der Waals surface area contributed by atoms with Gasteiger partial charge in [0.15, 0.2) is 5.60 Å². The van der Waals surface area contributed by atoms with Gasteiger partial charge in [0.2, 0.25) is 0 Å². The number of carbonyl (C=O) groups excluding carboxylic acids is 2. The maximum absolute atomic E-state index is 13.5. The number of hydrogen-bond donors (Lipinski definition) is 3. The first-order valence-corrected chi connectivity index (χ1v) is 10.5. The van der Waals surface area contributed by atoms with Crippen molar-refractivity contribution in [3.05, 3.63) is 70.8 Å². The lowest BCUT2D eigenvalue weighted by molar-refractivity contribution is -0.157. The number of alkyl halides is 2. The van der Waals surface area contributed by atoms with Crippen LogP contribution in [0.5, 0.6) is 0 Å². The highest BCUT2D eigenvalue weighted by Gasteiger charge is 2.48. The van der Waals surface area contributed by atoms with Crippen molar-refractivity contribution in [3.8, 4) is 23.7 Å². The quantitative estimate of drug-likeness (QED) is 0.305. The van der Waals surface area contributed by atoms with Crippen molar-refractivity contribution in [3.63, 3.8) is 0 Å². The minimum absolute atomic E-state index is 0.0999. The van der Waals surface area contributed by atoms with E-state index < -0.39 is 29.9 Å². The Kier molecular flexibility index (Phi) is 9.92. The van der Waals surface area contributed by atoms with Crippen LogP contribution in [0.4, 0.5) is 8.78 Å². The van der Waals surface area contributed by atoms with Crippen LogP contribution in [0.15, 0.2) is 48.5 Å². The van der Waals surface area contributed by atoms with Gasteiger partial charge in [-0.25, -0.2) is 14.3 Å². The van der Waals surface area contributed by atoms with E-state index in [1.807, 2.05) is 38.4 Å². The Labute approximate surface area is 203 Å². The zero-order chi connectivity index (χ0) is 26.0. The number of hydroxylamine groups is 1. The number of ether oxygens (including phenoxy) is 1. The molecule has 2 amide bonds. The van der Waals surface area contributed by atoms with Crippen molar-refractivity contribution in [1.82, 2.24) is 15.7 Å². The summed E-state index contributed by atoms with van der Waals surface area (Å²) < 4.78 is 31.8. The summed E-state index contributed by atoms with van der Waals surface area (Å²) in [6.07, 6.45) is -3.12. The van der Waals surface area contributed by atoms with Crippen molar-refractivity contribution >= 4 is 11.8 Å². The second-order valence-corrected chi connectivity index (χ2v) is 8.08. The van der Waals surface area contributed by atoms with Crippen LogP contribution in [0.25, 0.3) is 0 Å². The third kappa shape index (κ3) is 7.62.